The first-order chi connectivity index (χ1) is 16.3. The van der Waals surface area contributed by atoms with E-state index in [2.05, 4.69) is 91.8 Å². The maximum absolute atomic E-state index is 2.35. The Bertz CT molecular complexity index is 1730. The van der Waals surface area contributed by atoms with E-state index in [0.717, 1.165) is 0 Å². The zero-order valence-corrected chi connectivity index (χ0v) is 21.5. The molecule has 0 fully saturated rings. The largest absolute Gasteiger partial charge is 0.0610 e. The van der Waals surface area contributed by atoms with E-state index in [9.17, 15) is 0 Å². The third-order valence-electron chi connectivity index (χ3n) is 9.49. The summed E-state index contributed by atoms with van der Waals surface area (Å²) in [5, 5.41) is 17.4. The standard InChI is InChI=1S/C34H30/c1-15-19(5)27-28-20(6)17(3)25-13-10-14-26-18(4)22(8)30(34(28)32(25)26)29-21(7)16(2)24-12-9-11-23(15)31(24)33(27)29/h9-14H,1-8H3. The molecule has 7 aromatic carbocycles. The molecule has 0 spiro atoms. The monoisotopic (exact) mass is 438 g/mol. The molecule has 0 saturated carbocycles. The number of hydrogen-bond acceptors (Lipinski definition) is 0. The summed E-state index contributed by atoms with van der Waals surface area (Å²) in [6.07, 6.45) is 0. The molecule has 34 heavy (non-hydrogen) atoms. The summed E-state index contributed by atoms with van der Waals surface area (Å²) in [5.41, 5.74) is 11.4. The molecule has 0 amide bonds. The lowest BCUT2D eigenvalue weighted by Gasteiger charge is -2.27. The van der Waals surface area contributed by atoms with Gasteiger partial charge >= 0.3 is 0 Å². The molecular formula is C34H30. The summed E-state index contributed by atoms with van der Waals surface area (Å²) in [7, 11) is 0. The van der Waals surface area contributed by atoms with Gasteiger partial charge in [0.05, 0.1) is 0 Å². The van der Waals surface area contributed by atoms with Gasteiger partial charge in [-0.2, -0.15) is 0 Å². The molecule has 166 valence electrons. The van der Waals surface area contributed by atoms with E-state index in [1.807, 2.05) is 0 Å². The van der Waals surface area contributed by atoms with Crippen molar-refractivity contribution in [2.45, 2.75) is 55.4 Å². The first kappa shape index (κ1) is 20.0. The van der Waals surface area contributed by atoms with Gasteiger partial charge in [0, 0.05) is 0 Å². The molecule has 0 saturated heterocycles. The SMILES string of the molecule is Cc1c(C)c2c3c(C)c(C)c4cccc5c(C)c(C)c(c6c(C)c(C)c7cccc1c7c26)c3c45. The highest BCUT2D eigenvalue weighted by Crippen LogP contribution is 2.52. The summed E-state index contributed by atoms with van der Waals surface area (Å²) < 4.78 is 0. The van der Waals surface area contributed by atoms with Crippen LogP contribution in [-0.4, -0.2) is 0 Å². The van der Waals surface area contributed by atoms with Crippen LogP contribution >= 0.6 is 0 Å². The Labute approximate surface area is 200 Å². The van der Waals surface area contributed by atoms with E-state index in [1.165, 1.54) is 109 Å². The van der Waals surface area contributed by atoms with Crippen molar-refractivity contribution < 1.29 is 0 Å². The molecule has 0 heterocycles. The van der Waals surface area contributed by atoms with Crippen LogP contribution in [0.5, 0.6) is 0 Å². The molecule has 0 unspecified atom stereocenters. The van der Waals surface area contributed by atoms with E-state index in [1.54, 1.807) is 0 Å². The third kappa shape index (κ3) is 1.99. The predicted octanol–water partition coefficient (Wildman–Crippen LogP) is 9.95. The molecule has 7 aromatic rings. The maximum Gasteiger partial charge on any atom is -0.000837 e. The van der Waals surface area contributed by atoms with Crippen LogP contribution in [0.25, 0.3) is 64.6 Å². The smallest absolute Gasteiger partial charge is 0.000837 e. The van der Waals surface area contributed by atoms with Gasteiger partial charge in [0.25, 0.3) is 0 Å². The first-order valence-corrected chi connectivity index (χ1v) is 12.5. The Hall–Kier alpha value is -3.38. The second kappa shape index (κ2) is 6.19. The van der Waals surface area contributed by atoms with Crippen LogP contribution in [0.15, 0.2) is 36.4 Å². The molecule has 0 aliphatic rings. The molecule has 0 aliphatic carbocycles. The molecule has 0 radical (unpaired) electrons. The second-order valence-corrected chi connectivity index (χ2v) is 10.7. The highest BCUT2D eigenvalue weighted by molar-refractivity contribution is 6.42. The van der Waals surface area contributed by atoms with Crippen LogP contribution in [0.4, 0.5) is 0 Å². The van der Waals surface area contributed by atoms with Crippen LogP contribution in [0.2, 0.25) is 0 Å². The van der Waals surface area contributed by atoms with Crippen molar-refractivity contribution >= 4 is 64.6 Å². The van der Waals surface area contributed by atoms with Crippen LogP contribution in [0.3, 0.4) is 0 Å². The fraction of sp³-hybridized carbons (Fsp3) is 0.235. The van der Waals surface area contributed by atoms with E-state index < -0.39 is 0 Å². The Morgan fingerprint density at radius 3 is 0.735 bits per heavy atom. The number of hydrogen-bond donors (Lipinski definition) is 0. The quantitative estimate of drug-likeness (QED) is 0.163. The molecule has 0 nitrogen and oxygen atoms in total. The van der Waals surface area contributed by atoms with Crippen LogP contribution in [0.1, 0.15) is 44.5 Å². The van der Waals surface area contributed by atoms with Crippen molar-refractivity contribution in [3.63, 3.8) is 0 Å². The Balaban J connectivity index is 2.07. The molecule has 0 aromatic heterocycles. The first-order valence-electron chi connectivity index (χ1n) is 12.5. The summed E-state index contributed by atoms with van der Waals surface area (Å²) in [5.74, 6) is 0. The van der Waals surface area contributed by atoms with Gasteiger partial charge in [0.2, 0.25) is 0 Å². The molecule has 0 heteroatoms. The van der Waals surface area contributed by atoms with E-state index in [0.29, 0.717) is 0 Å². The van der Waals surface area contributed by atoms with Gasteiger partial charge in [0.15, 0.2) is 0 Å². The fourth-order valence-corrected chi connectivity index (χ4v) is 7.20. The zero-order valence-electron chi connectivity index (χ0n) is 21.5. The highest BCUT2D eigenvalue weighted by Gasteiger charge is 2.26. The lowest BCUT2D eigenvalue weighted by atomic mass is 9.76. The second-order valence-electron chi connectivity index (χ2n) is 10.7. The topological polar surface area (TPSA) is 0 Å². The molecule has 0 N–H and O–H groups in total. The fourth-order valence-electron chi connectivity index (χ4n) is 7.20. The molecule has 0 bridgehead atoms. The summed E-state index contributed by atoms with van der Waals surface area (Å²) in [4.78, 5) is 0. The van der Waals surface area contributed by atoms with Gasteiger partial charge in [-0.15, -0.1) is 0 Å². The lowest BCUT2D eigenvalue weighted by Crippen LogP contribution is -2.02. The Morgan fingerprint density at radius 1 is 0.265 bits per heavy atom. The van der Waals surface area contributed by atoms with Crippen molar-refractivity contribution in [2.24, 2.45) is 0 Å². The van der Waals surface area contributed by atoms with E-state index in [-0.39, 0.29) is 0 Å². The Kier molecular flexibility index (Phi) is 3.65. The van der Waals surface area contributed by atoms with Gasteiger partial charge in [0.1, 0.15) is 0 Å². The summed E-state index contributed by atoms with van der Waals surface area (Å²) >= 11 is 0. The van der Waals surface area contributed by atoms with Crippen molar-refractivity contribution in [1.29, 1.82) is 0 Å². The lowest BCUT2D eigenvalue weighted by molar-refractivity contribution is 1.38. The van der Waals surface area contributed by atoms with Crippen LogP contribution < -0.4 is 0 Å². The third-order valence-corrected chi connectivity index (χ3v) is 9.49. The number of benzene rings is 7. The minimum Gasteiger partial charge on any atom is -0.0610 e. The maximum atomic E-state index is 2.35. The average Bonchev–Trinajstić information content (AvgIpc) is 2.85. The van der Waals surface area contributed by atoms with Crippen LogP contribution in [0, 0.1) is 55.4 Å². The minimum atomic E-state index is 1.41. The van der Waals surface area contributed by atoms with Crippen molar-refractivity contribution in [3.05, 3.63) is 80.9 Å². The molecule has 7 rings (SSSR count). The highest BCUT2D eigenvalue weighted by atomic mass is 14.3. The van der Waals surface area contributed by atoms with Gasteiger partial charge in [-0.05, 0) is 165 Å². The molecular weight excluding hydrogens is 408 g/mol. The van der Waals surface area contributed by atoms with E-state index in [4.69, 9.17) is 0 Å². The number of aryl methyl sites for hydroxylation is 8. The number of fused-ring (bicyclic) bond motifs is 2. The van der Waals surface area contributed by atoms with Gasteiger partial charge in [-0.3, -0.25) is 0 Å². The van der Waals surface area contributed by atoms with Crippen molar-refractivity contribution in [1.82, 2.24) is 0 Å². The van der Waals surface area contributed by atoms with Crippen LogP contribution in [-0.2, 0) is 0 Å². The van der Waals surface area contributed by atoms with Gasteiger partial charge in [-0.25, -0.2) is 0 Å². The number of rotatable bonds is 0. The normalized spacial score (nSPS) is 12.7. The van der Waals surface area contributed by atoms with Gasteiger partial charge < -0.3 is 0 Å². The average molecular weight is 439 g/mol. The molecule has 0 aliphatic heterocycles. The van der Waals surface area contributed by atoms with Crippen molar-refractivity contribution in [2.75, 3.05) is 0 Å². The van der Waals surface area contributed by atoms with Crippen molar-refractivity contribution in [3.8, 4) is 0 Å². The van der Waals surface area contributed by atoms with Gasteiger partial charge in [-0.1, -0.05) is 36.4 Å². The minimum absolute atomic E-state index is 1.41. The summed E-state index contributed by atoms with van der Waals surface area (Å²) in [6, 6.07) is 13.8. The zero-order chi connectivity index (χ0) is 23.8. The molecule has 0 atom stereocenters. The Morgan fingerprint density at radius 2 is 0.500 bits per heavy atom. The summed E-state index contributed by atoms with van der Waals surface area (Å²) in [6.45, 7) is 18.7. The van der Waals surface area contributed by atoms with E-state index >= 15 is 0 Å². The predicted molar refractivity (Wildman–Crippen MR) is 152 cm³/mol.